The van der Waals surface area contributed by atoms with Crippen molar-refractivity contribution in [3.05, 3.63) is 39.4 Å². The monoisotopic (exact) mass is 377 g/mol. The first-order valence-electron chi connectivity index (χ1n) is 8.92. The summed E-state index contributed by atoms with van der Waals surface area (Å²) in [7, 11) is 0. The van der Waals surface area contributed by atoms with Gasteiger partial charge in [-0.3, -0.25) is 4.90 Å². The van der Waals surface area contributed by atoms with E-state index in [4.69, 9.17) is 23.8 Å². The van der Waals surface area contributed by atoms with Crippen molar-refractivity contribution in [3.63, 3.8) is 0 Å². The van der Waals surface area contributed by atoms with Gasteiger partial charge in [0.05, 0.1) is 6.67 Å². The van der Waals surface area contributed by atoms with Gasteiger partial charge in [0, 0.05) is 42.9 Å². The van der Waals surface area contributed by atoms with Gasteiger partial charge in [-0.05, 0) is 56.6 Å². The van der Waals surface area contributed by atoms with E-state index in [0.29, 0.717) is 6.04 Å². The van der Waals surface area contributed by atoms with E-state index >= 15 is 0 Å². The molecule has 4 rings (SSSR count). The van der Waals surface area contributed by atoms with Gasteiger partial charge >= 0.3 is 0 Å². The quantitative estimate of drug-likeness (QED) is 0.758. The van der Waals surface area contributed by atoms with Crippen molar-refractivity contribution in [2.75, 3.05) is 31.1 Å². The lowest BCUT2D eigenvalue weighted by Gasteiger charge is -2.36. The van der Waals surface area contributed by atoms with Crippen LogP contribution in [0, 0.1) is 18.6 Å². The molecular formula is C18H24ClN5S. The third-order valence-corrected chi connectivity index (χ3v) is 5.81. The van der Waals surface area contributed by atoms with Crippen molar-refractivity contribution in [2.45, 2.75) is 39.4 Å². The Hall–Kier alpha value is -1.37. The van der Waals surface area contributed by atoms with E-state index in [1.165, 1.54) is 24.1 Å². The summed E-state index contributed by atoms with van der Waals surface area (Å²) in [5.41, 5.74) is 2.52. The van der Waals surface area contributed by atoms with Gasteiger partial charge in [0.1, 0.15) is 5.82 Å². The maximum absolute atomic E-state index is 6.17. The molecule has 0 radical (unpaired) electrons. The molecule has 0 N–H and O–H groups in total. The number of piperazine rings is 1. The molecule has 1 aliphatic heterocycles. The summed E-state index contributed by atoms with van der Waals surface area (Å²) in [6, 6.07) is 6.71. The van der Waals surface area contributed by atoms with Gasteiger partial charge in [-0.15, -0.1) is 0 Å². The molecule has 1 saturated heterocycles. The van der Waals surface area contributed by atoms with Crippen LogP contribution in [-0.4, -0.2) is 45.4 Å². The SMILES string of the molecule is Cc1ccc(Cl)cc1N1CCN(Cn2nc(C)n(C3CC3)c2=S)CC1. The summed E-state index contributed by atoms with van der Waals surface area (Å²) < 4.78 is 5.08. The predicted molar refractivity (Wildman–Crippen MR) is 104 cm³/mol. The third-order valence-electron chi connectivity index (χ3n) is 5.17. The van der Waals surface area contributed by atoms with Crippen LogP contribution in [0.2, 0.25) is 5.02 Å². The molecule has 5 nitrogen and oxygen atoms in total. The molecule has 2 fully saturated rings. The number of rotatable bonds is 4. The van der Waals surface area contributed by atoms with E-state index in [-0.39, 0.29) is 0 Å². The first-order chi connectivity index (χ1) is 12.0. The van der Waals surface area contributed by atoms with E-state index in [1.54, 1.807) is 0 Å². The number of anilines is 1. The van der Waals surface area contributed by atoms with Crippen LogP contribution in [-0.2, 0) is 6.67 Å². The topological polar surface area (TPSA) is 29.2 Å². The molecule has 2 heterocycles. The van der Waals surface area contributed by atoms with Crippen LogP contribution in [0.5, 0.6) is 0 Å². The number of aromatic nitrogens is 3. The van der Waals surface area contributed by atoms with Crippen molar-refractivity contribution in [2.24, 2.45) is 0 Å². The summed E-state index contributed by atoms with van der Waals surface area (Å²) in [4.78, 5) is 4.85. The van der Waals surface area contributed by atoms with Gasteiger partial charge in [0.25, 0.3) is 0 Å². The molecule has 1 aliphatic carbocycles. The van der Waals surface area contributed by atoms with Crippen molar-refractivity contribution < 1.29 is 0 Å². The molecular weight excluding hydrogens is 354 g/mol. The maximum atomic E-state index is 6.17. The molecule has 0 bridgehead atoms. The Morgan fingerprint density at radius 1 is 1.16 bits per heavy atom. The summed E-state index contributed by atoms with van der Waals surface area (Å²) in [6.07, 6.45) is 2.47. The highest BCUT2D eigenvalue weighted by molar-refractivity contribution is 7.71. The predicted octanol–water partition coefficient (Wildman–Crippen LogP) is 3.80. The number of hydrogen-bond acceptors (Lipinski definition) is 4. The minimum Gasteiger partial charge on any atom is -0.369 e. The number of benzene rings is 1. The molecule has 1 aromatic carbocycles. The van der Waals surface area contributed by atoms with E-state index in [9.17, 15) is 0 Å². The number of nitrogens with zero attached hydrogens (tertiary/aromatic N) is 5. The van der Waals surface area contributed by atoms with Gasteiger partial charge in [-0.25, -0.2) is 4.68 Å². The molecule has 2 aromatic rings. The van der Waals surface area contributed by atoms with Crippen LogP contribution in [0.3, 0.4) is 0 Å². The van der Waals surface area contributed by atoms with Gasteiger partial charge < -0.3 is 9.47 Å². The summed E-state index contributed by atoms with van der Waals surface area (Å²) in [6.45, 7) is 8.98. The first-order valence-corrected chi connectivity index (χ1v) is 9.71. The highest BCUT2D eigenvalue weighted by Gasteiger charge is 2.27. The molecule has 0 unspecified atom stereocenters. The molecule has 0 spiro atoms. The fraction of sp³-hybridized carbons (Fsp3) is 0.556. The zero-order valence-corrected chi connectivity index (χ0v) is 16.4. The number of hydrogen-bond donors (Lipinski definition) is 0. The van der Waals surface area contributed by atoms with Crippen LogP contribution in [0.1, 0.15) is 30.3 Å². The smallest absolute Gasteiger partial charge is 0.199 e. The Kier molecular flexibility index (Phi) is 4.60. The van der Waals surface area contributed by atoms with Crippen molar-refractivity contribution in [1.29, 1.82) is 0 Å². The largest absolute Gasteiger partial charge is 0.369 e. The Morgan fingerprint density at radius 2 is 1.88 bits per heavy atom. The second kappa shape index (κ2) is 6.74. The minimum atomic E-state index is 0.587. The maximum Gasteiger partial charge on any atom is 0.199 e. The second-order valence-electron chi connectivity index (χ2n) is 7.11. The van der Waals surface area contributed by atoms with Crippen LogP contribution < -0.4 is 4.90 Å². The summed E-state index contributed by atoms with van der Waals surface area (Å²) >= 11 is 11.8. The molecule has 7 heteroatoms. The number of halogens is 1. The van der Waals surface area contributed by atoms with Crippen LogP contribution >= 0.6 is 23.8 Å². The van der Waals surface area contributed by atoms with E-state index in [2.05, 4.69) is 45.4 Å². The summed E-state index contributed by atoms with van der Waals surface area (Å²) in [5.74, 6) is 1.04. The third kappa shape index (κ3) is 3.48. The van der Waals surface area contributed by atoms with Crippen LogP contribution in [0.25, 0.3) is 0 Å². The highest BCUT2D eigenvalue weighted by atomic mass is 35.5. The Labute approximate surface area is 158 Å². The minimum absolute atomic E-state index is 0.587. The molecule has 1 saturated carbocycles. The molecule has 2 aliphatic rings. The summed E-state index contributed by atoms with van der Waals surface area (Å²) in [5, 5.41) is 5.47. The molecule has 134 valence electrons. The van der Waals surface area contributed by atoms with Gasteiger partial charge in [0.2, 0.25) is 0 Å². The molecule has 0 amide bonds. The lowest BCUT2D eigenvalue weighted by atomic mass is 10.1. The van der Waals surface area contributed by atoms with Crippen molar-refractivity contribution in [3.8, 4) is 0 Å². The van der Waals surface area contributed by atoms with Crippen molar-refractivity contribution in [1.82, 2.24) is 19.2 Å². The Morgan fingerprint density at radius 3 is 2.56 bits per heavy atom. The molecule has 25 heavy (non-hydrogen) atoms. The zero-order valence-electron chi connectivity index (χ0n) is 14.8. The van der Waals surface area contributed by atoms with Gasteiger partial charge in [-0.1, -0.05) is 17.7 Å². The van der Waals surface area contributed by atoms with E-state index in [0.717, 1.165) is 48.5 Å². The van der Waals surface area contributed by atoms with E-state index < -0.39 is 0 Å². The zero-order chi connectivity index (χ0) is 17.6. The molecule has 0 atom stereocenters. The van der Waals surface area contributed by atoms with Crippen molar-refractivity contribution >= 4 is 29.5 Å². The fourth-order valence-electron chi connectivity index (χ4n) is 3.62. The van der Waals surface area contributed by atoms with Gasteiger partial charge in [0.15, 0.2) is 4.77 Å². The number of aryl methyl sites for hydroxylation is 2. The lowest BCUT2D eigenvalue weighted by Crippen LogP contribution is -2.47. The Balaban J connectivity index is 1.42. The standard InChI is InChI=1S/C18H24ClN5S/c1-13-3-4-15(19)11-17(13)22-9-7-21(8-10-22)12-23-18(25)24(14(2)20-23)16-5-6-16/h3-4,11,16H,5-10,12H2,1-2H3. The van der Waals surface area contributed by atoms with Crippen LogP contribution in [0.15, 0.2) is 18.2 Å². The first kappa shape index (κ1) is 17.1. The normalized spacial score (nSPS) is 18.8. The van der Waals surface area contributed by atoms with Gasteiger partial charge in [-0.2, -0.15) is 5.10 Å². The lowest BCUT2D eigenvalue weighted by molar-refractivity contribution is 0.194. The van der Waals surface area contributed by atoms with E-state index in [1.807, 2.05) is 10.7 Å². The Bertz CT molecular complexity index is 830. The average Bonchev–Trinajstić information content (AvgIpc) is 3.38. The van der Waals surface area contributed by atoms with Crippen LogP contribution in [0.4, 0.5) is 5.69 Å². The second-order valence-corrected chi connectivity index (χ2v) is 7.91. The highest BCUT2D eigenvalue weighted by Crippen LogP contribution is 2.36. The average molecular weight is 378 g/mol. The fourth-order valence-corrected chi connectivity index (χ4v) is 4.16. The molecule has 1 aromatic heterocycles.